The van der Waals surface area contributed by atoms with Crippen molar-refractivity contribution < 1.29 is 14.3 Å². The van der Waals surface area contributed by atoms with Gasteiger partial charge in [-0.25, -0.2) is 4.79 Å². The number of nitrogens with zero attached hydrogens (tertiary/aromatic N) is 3. The number of rotatable bonds is 4. The van der Waals surface area contributed by atoms with Crippen molar-refractivity contribution in [3.8, 4) is 0 Å². The fourth-order valence-electron chi connectivity index (χ4n) is 5.84. The Morgan fingerprint density at radius 3 is 2.57 bits per heavy atom. The largest absolute Gasteiger partial charge is 0.450 e. The summed E-state index contributed by atoms with van der Waals surface area (Å²) in [5.74, 6) is 0.450. The minimum absolute atomic E-state index is 0.110. The van der Waals surface area contributed by atoms with Crippen LogP contribution in [0.4, 0.5) is 4.79 Å². The van der Waals surface area contributed by atoms with Gasteiger partial charge in [-0.15, -0.1) is 0 Å². The number of likely N-dealkylation sites (tertiary alicyclic amines) is 2. The molecular weight excluding hydrogens is 378 g/mol. The van der Waals surface area contributed by atoms with Gasteiger partial charge in [-0.3, -0.25) is 4.79 Å². The van der Waals surface area contributed by atoms with E-state index in [0.717, 1.165) is 77.5 Å². The molecule has 166 valence electrons. The summed E-state index contributed by atoms with van der Waals surface area (Å²) in [6.07, 6.45) is 12.6. The first kappa shape index (κ1) is 21.4. The lowest BCUT2D eigenvalue weighted by atomic mass is 9.91. The smallest absolute Gasteiger partial charge is 0.409 e. The topological polar surface area (TPSA) is 53.1 Å². The second-order valence-electron chi connectivity index (χ2n) is 9.06. The van der Waals surface area contributed by atoms with E-state index in [1.54, 1.807) is 0 Å². The summed E-state index contributed by atoms with van der Waals surface area (Å²) in [6.45, 7) is 8.11. The molecule has 3 heterocycles. The summed E-state index contributed by atoms with van der Waals surface area (Å²) in [5.41, 5.74) is 2.60. The molecule has 0 aromatic carbocycles. The maximum atomic E-state index is 13.2. The summed E-state index contributed by atoms with van der Waals surface area (Å²) in [4.78, 5) is 31.9. The number of piperidine rings is 1. The van der Waals surface area contributed by atoms with Crippen molar-refractivity contribution in [3.05, 3.63) is 23.4 Å². The second-order valence-corrected chi connectivity index (χ2v) is 9.06. The van der Waals surface area contributed by atoms with Crippen molar-refractivity contribution in [2.45, 2.75) is 77.3 Å². The lowest BCUT2D eigenvalue weighted by molar-refractivity contribution is -0.133. The quantitative estimate of drug-likeness (QED) is 0.698. The molecular formula is C24H37N3O3. The first-order valence-corrected chi connectivity index (χ1v) is 12.0. The lowest BCUT2D eigenvalue weighted by Gasteiger charge is -2.41. The number of carbonyl (C=O) groups is 2. The van der Waals surface area contributed by atoms with E-state index in [4.69, 9.17) is 4.74 Å². The zero-order valence-corrected chi connectivity index (χ0v) is 18.6. The molecule has 0 saturated carbocycles. The van der Waals surface area contributed by atoms with Crippen molar-refractivity contribution in [2.24, 2.45) is 5.92 Å². The molecule has 0 spiro atoms. The first-order valence-electron chi connectivity index (χ1n) is 12.0. The van der Waals surface area contributed by atoms with Crippen LogP contribution in [0.15, 0.2) is 23.4 Å². The Bertz CT molecular complexity index is 708. The molecule has 6 nitrogen and oxygen atoms in total. The Morgan fingerprint density at radius 1 is 1.07 bits per heavy atom. The van der Waals surface area contributed by atoms with Crippen LogP contribution < -0.4 is 0 Å². The average molecular weight is 416 g/mol. The van der Waals surface area contributed by atoms with Gasteiger partial charge in [0.05, 0.1) is 12.5 Å². The van der Waals surface area contributed by atoms with Crippen LogP contribution in [-0.4, -0.2) is 71.6 Å². The highest BCUT2D eigenvalue weighted by molar-refractivity contribution is 5.88. The number of amides is 2. The van der Waals surface area contributed by atoms with Gasteiger partial charge >= 0.3 is 6.09 Å². The standard InChI is InChI=1S/C24H37N3O3/c1-3-20-21-9-5-6-10-22(21)27(23(20)28)19-12-15-25(16-13-19)18-8-7-14-26(17-11-18)24(29)30-4-2/h6,10,18-20H,3-5,7-9,11-17H2,1-2H3. The van der Waals surface area contributed by atoms with E-state index in [1.807, 2.05) is 11.8 Å². The van der Waals surface area contributed by atoms with E-state index in [-0.39, 0.29) is 12.0 Å². The summed E-state index contributed by atoms with van der Waals surface area (Å²) in [5, 5.41) is 0. The van der Waals surface area contributed by atoms with E-state index in [1.165, 1.54) is 11.3 Å². The third kappa shape index (κ3) is 4.16. The molecule has 0 radical (unpaired) electrons. The molecule has 4 rings (SSSR count). The highest BCUT2D eigenvalue weighted by Crippen LogP contribution is 2.40. The van der Waals surface area contributed by atoms with Gasteiger partial charge < -0.3 is 19.4 Å². The fraction of sp³-hybridized carbons (Fsp3) is 0.750. The van der Waals surface area contributed by atoms with E-state index < -0.39 is 0 Å². The van der Waals surface area contributed by atoms with Gasteiger partial charge in [0.25, 0.3) is 0 Å². The molecule has 6 heteroatoms. The number of carbonyl (C=O) groups excluding carboxylic acids is 2. The Hall–Kier alpha value is -1.82. The van der Waals surface area contributed by atoms with E-state index >= 15 is 0 Å². The van der Waals surface area contributed by atoms with Gasteiger partial charge in [-0.2, -0.15) is 0 Å². The summed E-state index contributed by atoms with van der Waals surface area (Å²) >= 11 is 0. The van der Waals surface area contributed by atoms with Crippen molar-refractivity contribution in [1.29, 1.82) is 0 Å². The van der Waals surface area contributed by atoms with Crippen LogP contribution in [0.2, 0.25) is 0 Å². The molecule has 2 atom stereocenters. The Labute approximate surface area is 180 Å². The summed E-state index contributed by atoms with van der Waals surface area (Å²) in [7, 11) is 0. The van der Waals surface area contributed by atoms with Crippen molar-refractivity contribution >= 4 is 12.0 Å². The SMILES string of the molecule is CCOC(=O)N1CCCC(N2CCC(N3C(=O)C(CC)C4=C3C=CCC4)CC2)CC1. The fourth-order valence-corrected chi connectivity index (χ4v) is 5.84. The zero-order valence-electron chi connectivity index (χ0n) is 18.6. The third-order valence-corrected chi connectivity index (χ3v) is 7.41. The normalized spacial score (nSPS) is 28.7. The van der Waals surface area contributed by atoms with Gasteiger partial charge in [0.15, 0.2) is 0 Å². The van der Waals surface area contributed by atoms with Gasteiger partial charge in [-0.05, 0) is 69.9 Å². The molecule has 3 aliphatic heterocycles. The first-order chi connectivity index (χ1) is 14.6. The van der Waals surface area contributed by atoms with Crippen LogP contribution in [-0.2, 0) is 9.53 Å². The van der Waals surface area contributed by atoms with Gasteiger partial charge in [0, 0.05) is 44.0 Å². The number of ether oxygens (including phenoxy) is 1. The molecule has 0 N–H and O–H groups in total. The lowest BCUT2D eigenvalue weighted by Crippen LogP contribution is -2.49. The van der Waals surface area contributed by atoms with Crippen LogP contribution in [0.1, 0.15) is 65.2 Å². The maximum Gasteiger partial charge on any atom is 0.409 e. The van der Waals surface area contributed by atoms with Crippen LogP contribution >= 0.6 is 0 Å². The third-order valence-electron chi connectivity index (χ3n) is 7.41. The van der Waals surface area contributed by atoms with Crippen LogP contribution in [0.3, 0.4) is 0 Å². The van der Waals surface area contributed by atoms with Crippen LogP contribution in [0.25, 0.3) is 0 Å². The minimum Gasteiger partial charge on any atom is -0.450 e. The maximum absolute atomic E-state index is 13.2. The number of allylic oxidation sites excluding steroid dienone is 2. The number of hydrogen-bond donors (Lipinski definition) is 0. The Balaban J connectivity index is 1.34. The molecule has 2 saturated heterocycles. The van der Waals surface area contributed by atoms with E-state index in [9.17, 15) is 9.59 Å². The van der Waals surface area contributed by atoms with Crippen LogP contribution in [0, 0.1) is 5.92 Å². The molecule has 4 aliphatic rings. The Kier molecular flexibility index (Phi) is 6.81. The highest BCUT2D eigenvalue weighted by atomic mass is 16.6. The molecule has 0 aromatic rings. The van der Waals surface area contributed by atoms with Crippen molar-refractivity contribution in [2.75, 3.05) is 32.8 Å². The van der Waals surface area contributed by atoms with Crippen molar-refractivity contribution in [3.63, 3.8) is 0 Å². The summed E-state index contributed by atoms with van der Waals surface area (Å²) in [6, 6.07) is 0.868. The molecule has 0 aromatic heterocycles. The molecule has 1 aliphatic carbocycles. The molecule has 2 unspecified atom stereocenters. The predicted octanol–water partition coefficient (Wildman–Crippen LogP) is 3.93. The average Bonchev–Trinajstić information content (AvgIpc) is 2.90. The summed E-state index contributed by atoms with van der Waals surface area (Å²) < 4.78 is 5.19. The van der Waals surface area contributed by atoms with Crippen molar-refractivity contribution in [1.82, 2.24) is 14.7 Å². The number of hydrogen-bond acceptors (Lipinski definition) is 4. The van der Waals surface area contributed by atoms with E-state index in [0.29, 0.717) is 24.6 Å². The monoisotopic (exact) mass is 415 g/mol. The van der Waals surface area contributed by atoms with Gasteiger partial charge in [-0.1, -0.05) is 13.0 Å². The molecule has 2 amide bonds. The predicted molar refractivity (Wildman–Crippen MR) is 117 cm³/mol. The molecule has 2 fully saturated rings. The van der Waals surface area contributed by atoms with Gasteiger partial charge in [0.1, 0.15) is 0 Å². The molecule has 0 bridgehead atoms. The van der Waals surface area contributed by atoms with E-state index in [2.05, 4.69) is 28.9 Å². The van der Waals surface area contributed by atoms with Gasteiger partial charge in [0.2, 0.25) is 5.91 Å². The second kappa shape index (κ2) is 9.54. The highest BCUT2D eigenvalue weighted by Gasteiger charge is 2.42. The molecule has 30 heavy (non-hydrogen) atoms. The Morgan fingerprint density at radius 2 is 1.83 bits per heavy atom. The zero-order chi connectivity index (χ0) is 21.1. The minimum atomic E-state index is -0.167. The van der Waals surface area contributed by atoms with Crippen LogP contribution in [0.5, 0.6) is 0 Å².